The molecule has 1 aromatic heterocycles. The number of hydrogen-bond acceptors (Lipinski definition) is 4. The number of phenolic OH excluding ortho intramolecular Hbond substituents is 1. The highest BCUT2D eigenvalue weighted by Gasteiger charge is 2.44. The summed E-state index contributed by atoms with van der Waals surface area (Å²) >= 11 is 6.02. The van der Waals surface area contributed by atoms with E-state index >= 15 is 0 Å². The zero-order valence-corrected chi connectivity index (χ0v) is 25.0. The number of aryl methyl sites for hydroxylation is 1. The number of piperidine rings is 2. The van der Waals surface area contributed by atoms with Gasteiger partial charge in [-0.2, -0.15) is 0 Å². The number of rotatable bonds is 6. The van der Waals surface area contributed by atoms with E-state index in [1.165, 1.54) is 42.8 Å². The Kier molecular flexibility index (Phi) is 7.23. The number of benzene rings is 3. The second-order valence-corrected chi connectivity index (χ2v) is 13.1. The van der Waals surface area contributed by atoms with Crippen LogP contribution in [0.15, 0.2) is 72.8 Å². The minimum Gasteiger partial charge on any atom is -0.507 e. The predicted octanol–water partition coefficient (Wildman–Crippen LogP) is 7.34. The molecule has 7 rings (SSSR count). The summed E-state index contributed by atoms with van der Waals surface area (Å²) < 4.78 is 2.51. The van der Waals surface area contributed by atoms with Crippen molar-refractivity contribution in [3.63, 3.8) is 0 Å². The number of aromatic nitrogens is 2. The normalized spacial score (nSPS) is 23.9. The van der Waals surface area contributed by atoms with Crippen molar-refractivity contribution in [3.8, 4) is 5.75 Å². The van der Waals surface area contributed by atoms with Crippen LogP contribution in [-0.4, -0.2) is 56.0 Å². The van der Waals surface area contributed by atoms with Gasteiger partial charge in [0.2, 0.25) is 0 Å². The first-order chi connectivity index (χ1) is 20.4. The van der Waals surface area contributed by atoms with Crippen LogP contribution >= 0.6 is 11.6 Å². The lowest BCUT2D eigenvalue weighted by Gasteiger charge is -2.46. The van der Waals surface area contributed by atoms with E-state index in [2.05, 4.69) is 71.0 Å². The number of aromatic hydroxyl groups is 1. The molecule has 3 fully saturated rings. The molecule has 7 heteroatoms. The van der Waals surface area contributed by atoms with Crippen LogP contribution in [0.1, 0.15) is 72.9 Å². The van der Waals surface area contributed by atoms with E-state index in [-0.39, 0.29) is 17.1 Å². The van der Waals surface area contributed by atoms with E-state index in [1.54, 1.807) is 12.1 Å². The Bertz CT molecular complexity index is 1590. The highest BCUT2D eigenvalue weighted by molar-refractivity contribution is 6.30. The standard InChI is InChI=1S/C35H39ClN4O2/c1-24-37-30-9-5-6-10-31(30)40(24)33-22-25-11-13-28(21-25)39(33)20-17-35(26-7-3-2-4-8-26)15-18-38(19-16-35)34(42)29-14-12-27(36)23-32(29)41/h2-10,12,14,23,25,28,33,41H,11,13,15-22H2,1H3/t25-,28+,33?/m1/s1. The number of carbonyl (C=O) groups excluding carboxylic acids is 1. The average Bonchev–Trinajstić information content (AvgIpc) is 3.56. The molecule has 0 radical (unpaired) electrons. The Balaban J connectivity index is 1.15. The van der Waals surface area contributed by atoms with Crippen LogP contribution in [0.2, 0.25) is 5.02 Å². The molecule has 2 aliphatic heterocycles. The molecule has 1 unspecified atom stereocenters. The maximum absolute atomic E-state index is 13.4. The molecule has 3 heterocycles. The Morgan fingerprint density at radius 3 is 2.55 bits per heavy atom. The highest BCUT2D eigenvalue weighted by atomic mass is 35.5. The van der Waals surface area contributed by atoms with E-state index in [1.807, 2.05) is 4.90 Å². The number of amides is 1. The molecular weight excluding hydrogens is 544 g/mol. The summed E-state index contributed by atoms with van der Waals surface area (Å²) in [6, 6.07) is 24.8. The van der Waals surface area contributed by atoms with E-state index in [9.17, 15) is 9.90 Å². The Morgan fingerprint density at radius 2 is 1.76 bits per heavy atom. The summed E-state index contributed by atoms with van der Waals surface area (Å²) in [5.74, 6) is 1.71. The third kappa shape index (κ3) is 4.88. The number of phenols is 1. The molecule has 2 saturated heterocycles. The van der Waals surface area contributed by atoms with Gasteiger partial charge in [0.1, 0.15) is 11.6 Å². The number of imidazole rings is 1. The predicted molar refractivity (Wildman–Crippen MR) is 167 cm³/mol. The van der Waals surface area contributed by atoms with Gasteiger partial charge in [0, 0.05) is 30.7 Å². The molecule has 4 aromatic rings. The Labute approximate surface area is 252 Å². The van der Waals surface area contributed by atoms with Crippen molar-refractivity contribution in [1.29, 1.82) is 0 Å². The SMILES string of the molecule is Cc1nc2ccccc2n1C1C[C@@H]2CC[C@@H](C2)N1CCC1(c2ccccc2)CCN(C(=O)c2ccc(Cl)cc2O)CC1. The number of fused-ring (bicyclic) bond motifs is 3. The fourth-order valence-electron chi connectivity index (χ4n) is 8.18. The van der Waals surface area contributed by atoms with Gasteiger partial charge in [-0.25, -0.2) is 4.98 Å². The number of carbonyl (C=O) groups is 1. The quantitative estimate of drug-likeness (QED) is 0.258. The van der Waals surface area contributed by atoms with E-state index in [0.29, 0.717) is 35.9 Å². The molecule has 42 heavy (non-hydrogen) atoms. The Hall–Kier alpha value is -3.35. The van der Waals surface area contributed by atoms with Crippen molar-refractivity contribution in [3.05, 3.63) is 94.8 Å². The van der Waals surface area contributed by atoms with Gasteiger partial charge < -0.3 is 14.6 Å². The third-order valence-electron chi connectivity index (χ3n) is 10.4. The van der Waals surface area contributed by atoms with Crippen molar-refractivity contribution in [2.75, 3.05) is 19.6 Å². The van der Waals surface area contributed by atoms with Gasteiger partial charge in [-0.3, -0.25) is 9.69 Å². The van der Waals surface area contributed by atoms with Crippen LogP contribution in [0.3, 0.4) is 0 Å². The summed E-state index contributed by atoms with van der Waals surface area (Å²) in [5.41, 5.74) is 4.00. The largest absolute Gasteiger partial charge is 0.507 e. The molecule has 1 aliphatic carbocycles. The maximum atomic E-state index is 13.4. The third-order valence-corrected chi connectivity index (χ3v) is 10.6. The molecule has 2 bridgehead atoms. The van der Waals surface area contributed by atoms with Crippen LogP contribution in [0.4, 0.5) is 0 Å². The number of hydrogen-bond donors (Lipinski definition) is 1. The molecule has 3 aliphatic rings. The molecule has 1 N–H and O–H groups in total. The van der Waals surface area contributed by atoms with Gasteiger partial charge in [0.25, 0.3) is 5.91 Å². The van der Waals surface area contributed by atoms with Crippen LogP contribution in [0.5, 0.6) is 5.75 Å². The average molecular weight is 583 g/mol. The molecule has 218 valence electrons. The minimum atomic E-state index is -0.124. The zero-order valence-electron chi connectivity index (χ0n) is 24.3. The number of halogens is 1. The first-order valence-corrected chi connectivity index (χ1v) is 15.8. The maximum Gasteiger partial charge on any atom is 0.257 e. The lowest BCUT2D eigenvalue weighted by atomic mass is 9.70. The monoisotopic (exact) mass is 582 g/mol. The topological polar surface area (TPSA) is 61.6 Å². The fraction of sp³-hybridized carbons (Fsp3) is 0.429. The lowest BCUT2D eigenvalue weighted by molar-refractivity contribution is 0.0304. The first-order valence-electron chi connectivity index (χ1n) is 15.4. The van der Waals surface area contributed by atoms with Gasteiger partial charge in [-0.15, -0.1) is 0 Å². The smallest absolute Gasteiger partial charge is 0.257 e. The van der Waals surface area contributed by atoms with E-state index in [0.717, 1.165) is 43.1 Å². The second kappa shape index (κ2) is 11.1. The van der Waals surface area contributed by atoms with E-state index in [4.69, 9.17) is 16.6 Å². The van der Waals surface area contributed by atoms with Crippen molar-refractivity contribution < 1.29 is 9.90 Å². The van der Waals surface area contributed by atoms with Crippen LogP contribution in [-0.2, 0) is 5.41 Å². The molecule has 3 atom stereocenters. The summed E-state index contributed by atoms with van der Waals surface area (Å²) in [7, 11) is 0. The van der Waals surface area contributed by atoms with Crippen LogP contribution in [0, 0.1) is 12.8 Å². The van der Waals surface area contributed by atoms with Gasteiger partial charge >= 0.3 is 0 Å². The fourth-order valence-corrected chi connectivity index (χ4v) is 8.35. The molecule has 3 aromatic carbocycles. The zero-order chi connectivity index (χ0) is 28.8. The molecule has 6 nitrogen and oxygen atoms in total. The lowest BCUT2D eigenvalue weighted by Crippen LogP contribution is -2.49. The van der Waals surface area contributed by atoms with Gasteiger partial charge in [0.05, 0.1) is 22.8 Å². The number of nitrogens with zero attached hydrogens (tertiary/aromatic N) is 4. The van der Waals surface area contributed by atoms with Crippen LogP contribution in [0.25, 0.3) is 11.0 Å². The van der Waals surface area contributed by atoms with Gasteiger partial charge in [-0.1, -0.05) is 54.1 Å². The van der Waals surface area contributed by atoms with E-state index < -0.39 is 0 Å². The van der Waals surface area contributed by atoms with Crippen molar-refractivity contribution in [1.82, 2.24) is 19.4 Å². The van der Waals surface area contributed by atoms with Gasteiger partial charge in [-0.05, 0) is 99.1 Å². The Morgan fingerprint density at radius 1 is 1.00 bits per heavy atom. The van der Waals surface area contributed by atoms with Crippen molar-refractivity contribution >= 4 is 28.5 Å². The molecular formula is C35H39ClN4O2. The summed E-state index contributed by atoms with van der Waals surface area (Å²) in [6.07, 6.45) is 8.25. The highest BCUT2D eigenvalue weighted by Crippen LogP contribution is 2.47. The molecule has 0 spiro atoms. The van der Waals surface area contributed by atoms with Crippen molar-refractivity contribution in [2.45, 2.75) is 69.5 Å². The molecule has 1 saturated carbocycles. The first kappa shape index (κ1) is 27.5. The second-order valence-electron chi connectivity index (χ2n) is 12.7. The minimum absolute atomic E-state index is 0.00780. The van der Waals surface area contributed by atoms with Crippen molar-refractivity contribution in [2.24, 2.45) is 5.92 Å². The number of para-hydroxylation sites is 2. The number of likely N-dealkylation sites (tertiary alicyclic amines) is 2. The summed E-state index contributed by atoms with van der Waals surface area (Å²) in [5, 5.41) is 10.8. The van der Waals surface area contributed by atoms with Gasteiger partial charge in [0.15, 0.2) is 0 Å². The summed E-state index contributed by atoms with van der Waals surface area (Å²) in [4.78, 5) is 23.0. The molecule has 1 amide bonds. The van der Waals surface area contributed by atoms with Crippen LogP contribution < -0.4 is 0 Å². The summed E-state index contributed by atoms with van der Waals surface area (Å²) in [6.45, 7) is 4.51.